The highest BCUT2D eigenvalue weighted by Crippen LogP contribution is 2.16. The van der Waals surface area contributed by atoms with Crippen molar-refractivity contribution in [2.75, 3.05) is 5.32 Å². The van der Waals surface area contributed by atoms with E-state index in [2.05, 4.69) is 15.6 Å². The molecule has 0 aliphatic carbocycles. The zero-order valence-electron chi connectivity index (χ0n) is 12.8. The summed E-state index contributed by atoms with van der Waals surface area (Å²) in [4.78, 5) is 16.0. The van der Waals surface area contributed by atoms with Crippen molar-refractivity contribution in [3.05, 3.63) is 78.9 Å². The third-order valence-electron chi connectivity index (χ3n) is 3.57. The number of rotatable bonds is 4. The number of carbonyl (C=O) groups is 1. The zero-order chi connectivity index (χ0) is 16.1. The second-order valence-corrected chi connectivity index (χ2v) is 5.25. The van der Waals surface area contributed by atoms with Crippen molar-refractivity contribution in [2.45, 2.75) is 13.0 Å². The molecule has 0 radical (unpaired) electrons. The van der Waals surface area contributed by atoms with Gasteiger partial charge in [0, 0.05) is 23.8 Å². The molecule has 0 unspecified atom stereocenters. The number of hydrogen-bond acceptors (Lipinski definition) is 2. The molecule has 0 saturated carbocycles. The summed E-state index contributed by atoms with van der Waals surface area (Å²) in [6.45, 7) is 1.96. The number of hydrogen-bond donors (Lipinski definition) is 2. The highest BCUT2D eigenvalue weighted by Gasteiger charge is 2.09. The van der Waals surface area contributed by atoms with E-state index in [9.17, 15) is 4.79 Å². The molecule has 0 saturated heterocycles. The molecule has 1 heterocycles. The van der Waals surface area contributed by atoms with E-state index >= 15 is 0 Å². The molecular weight excluding hydrogens is 288 g/mol. The van der Waals surface area contributed by atoms with Crippen molar-refractivity contribution in [3.63, 3.8) is 0 Å². The van der Waals surface area contributed by atoms with E-state index in [1.165, 1.54) is 0 Å². The topological polar surface area (TPSA) is 59.0 Å². The van der Waals surface area contributed by atoms with Crippen LogP contribution in [0.1, 0.15) is 18.5 Å². The first-order valence-electron chi connectivity index (χ1n) is 7.43. The minimum Gasteiger partial charge on any atom is -0.331 e. The van der Waals surface area contributed by atoms with Crippen LogP contribution in [0.5, 0.6) is 0 Å². The van der Waals surface area contributed by atoms with Crippen LogP contribution in [0.15, 0.2) is 73.3 Å². The van der Waals surface area contributed by atoms with E-state index in [1.807, 2.05) is 72.3 Å². The summed E-state index contributed by atoms with van der Waals surface area (Å²) in [6.07, 6.45) is 5.39. The van der Waals surface area contributed by atoms with Crippen LogP contribution in [-0.2, 0) is 0 Å². The standard InChI is InChI=1S/C18H18N4O/c1-14(20-18(23)21-16-5-3-2-4-6-16)15-7-9-17(10-8-15)22-12-11-19-13-22/h2-14H,1H3,(H2,20,21,23)/t14-/m0/s1. The molecule has 116 valence electrons. The quantitative estimate of drug-likeness (QED) is 0.771. The summed E-state index contributed by atoms with van der Waals surface area (Å²) in [5, 5.41) is 5.74. The molecule has 23 heavy (non-hydrogen) atoms. The molecule has 2 N–H and O–H groups in total. The maximum atomic E-state index is 12.0. The Labute approximate surface area is 135 Å². The molecule has 0 bridgehead atoms. The number of imidazole rings is 1. The highest BCUT2D eigenvalue weighted by atomic mass is 16.2. The Morgan fingerprint density at radius 3 is 2.48 bits per heavy atom. The number of carbonyl (C=O) groups excluding carboxylic acids is 1. The summed E-state index contributed by atoms with van der Waals surface area (Å²) < 4.78 is 1.93. The summed E-state index contributed by atoms with van der Waals surface area (Å²) >= 11 is 0. The smallest absolute Gasteiger partial charge is 0.319 e. The van der Waals surface area contributed by atoms with Crippen molar-refractivity contribution in [2.24, 2.45) is 0 Å². The van der Waals surface area contributed by atoms with Crippen LogP contribution < -0.4 is 10.6 Å². The van der Waals surface area contributed by atoms with Crippen LogP contribution >= 0.6 is 0 Å². The van der Waals surface area contributed by atoms with Gasteiger partial charge in [-0.25, -0.2) is 9.78 Å². The SMILES string of the molecule is C[C@H](NC(=O)Nc1ccccc1)c1ccc(-n2ccnc2)cc1. The average Bonchev–Trinajstić information content (AvgIpc) is 3.10. The molecule has 5 nitrogen and oxygen atoms in total. The molecular formula is C18H18N4O. The second-order valence-electron chi connectivity index (χ2n) is 5.25. The van der Waals surface area contributed by atoms with Gasteiger partial charge in [0.25, 0.3) is 0 Å². The van der Waals surface area contributed by atoms with E-state index in [1.54, 1.807) is 12.5 Å². The number of para-hydroxylation sites is 1. The van der Waals surface area contributed by atoms with Crippen molar-refractivity contribution < 1.29 is 4.79 Å². The molecule has 0 aliphatic rings. The number of amides is 2. The van der Waals surface area contributed by atoms with Crippen LogP contribution in [0, 0.1) is 0 Å². The van der Waals surface area contributed by atoms with Gasteiger partial charge in [0.05, 0.1) is 12.4 Å². The number of urea groups is 1. The van der Waals surface area contributed by atoms with Crippen molar-refractivity contribution in [3.8, 4) is 5.69 Å². The summed E-state index contributed by atoms with van der Waals surface area (Å²) in [5.74, 6) is 0. The summed E-state index contributed by atoms with van der Waals surface area (Å²) in [7, 11) is 0. The van der Waals surface area contributed by atoms with E-state index < -0.39 is 0 Å². The number of aromatic nitrogens is 2. The maximum Gasteiger partial charge on any atom is 0.319 e. The van der Waals surface area contributed by atoms with Gasteiger partial charge in [-0.1, -0.05) is 30.3 Å². The second kappa shape index (κ2) is 6.79. The molecule has 0 spiro atoms. The molecule has 1 atom stereocenters. The molecule has 0 fully saturated rings. The van der Waals surface area contributed by atoms with Gasteiger partial charge in [-0.2, -0.15) is 0 Å². The maximum absolute atomic E-state index is 12.0. The van der Waals surface area contributed by atoms with Crippen molar-refractivity contribution in [1.29, 1.82) is 0 Å². The molecule has 5 heteroatoms. The van der Waals surface area contributed by atoms with Crippen molar-refractivity contribution in [1.82, 2.24) is 14.9 Å². The number of nitrogens with zero attached hydrogens (tertiary/aromatic N) is 2. The van der Waals surface area contributed by atoms with E-state index in [4.69, 9.17) is 0 Å². The lowest BCUT2D eigenvalue weighted by Crippen LogP contribution is -2.31. The highest BCUT2D eigenvalue weighted by molar-refractivity contribution is 5.89. The van der Waals surface area contributed by atoms with Gasteiger partial charge in [-0.15, -0.1) is 0 Å². The van der Waals surface area contributed by atoms with Gasteiger partial charge in [0.15, 0.2) is 0 Å². The van der Waals surface area contributed by atoms with Crippen LogP contribution in [-0.4, -0.2) is 15.6 Å². The van der Waals surface area contributed by atoms with Crippen LogP contribution in [0.3, 0.4) is 0 Å². The van der Waals surface area contributed by atoms with E-state index in [-0.39, 0.29) is 12.1 Å². The van der Waals surface area contributed by atoms with Gasteiger partial charge in [0.2, 0.25) is 0 Å². The minimum atomic E-state index is -0.220. The largest absolute Gasteiger partial charge is 0.331 e. The molecule has 2 aromatic carbocycles. The lowest BCUT2D eigenvalue weighted by atomic mass is 10.1. The van der Waals surface area contributed by atoms with Gasteiger partial charge in [-0.3, -0.25) is 0 Å². The number of nitrogens with one attached hydrogen (secondary N) is 2. The minimum absolute atomic E-state index is 0.0875. The van der Waals surface area contributed by atoms with Crippen molar-refractivity contribution >= 4 is 11.7 Å². The molecule has 2 amide bonds. The number of anilines is 1. The van der Waals surface area contributed by atoms with E-state index in [0.717, 1.165) is 16.9 Å². The molecule has 3 rings (SSSR count). The van der Waals surface area contributed by atoms with Gasteiger partial charge >= 0.3 is 6.03 Å². The third kappa shape index (κ3) is 3.77. The first-order valence-corrected chi connectivity index (χ1v) is 7.43. The van der Waals surface area contributed by atoms with Gasteiger partial charge in [-0.05, 0) is 36.8 Å². The Morgan fingerprint density at radius 1 is 1.09 bits per heavy atom. The van der Waals surface area contributed by atoms with Gasteiger partial charge < -0.3 is 15.2 Å². The predicted octanol–water partition coefficient (Wildman–Crippen LogP) is 3.76. The Morgan fingerprint density at radius 2 is 1.83 bits per heavy atom. The molecule has 0 aliphatic heterocycles. The molecule has 1 aromatic heterocycles. The summed E-state index contributed by atoms with van der Waals surface area (Å²) in [5.41, 5.74) is 2.84. The first-order chi connectivity index (χ1) is 11.2. The zero-order valence-corrected chi connectivity index (χ0v) is 12.8. The van der Waals surface area contributed by atoms with Crippen LogP contribution in [0.4, 0.5) is 10.5 Å². The Hall–Kier alpha value is -3.08. The predicted molar refractivity (Wildman–Crippen MR) is 90.6 cm³/mol. The Bertz CT molecular complexity index is 751. The Balaban J connectivity index is 1.61. The Kier molecular flexibility index (Phi) is 4.38. The fourth-order valence-electron chi connectivity index (χ4n) is 2.32. The molecule has 3 aromatic rings. The van der Waals surface area contributed by atoms with Crippen LogP contribution in [0.2, 0.25) is 0 Å². The monoisotopic (exact) mass is 306 g/mol. The fraction of sp³-hybridized carbons (Fsp3) is 0.111. The average molecular weight is 306 g/mol. The fourth-order valence-corrected chi connectivity index (χ4v) is 2.32. The lowest BCUT2D eigenvalue weighted by molar-refractivity contribution is 0.249. The third-order valence-corrected chi connectivity index (χ3v) is 3.57. The lowest BCUT2D eigenvalue weighted by Gasteiger charge is -2.15. The first kappa shape index (κ1) is 14.8. The normalized spacial score (nSPS) is 11.7. The van der Waals surface area contributed by atoms with Gasteiger partial charge in [0.1, 0.15) is 0 Å². The van der Waals surface area contributed by atoms with E-state index in [0.29, 0.717) is 0 Å². The summed E-state index contributed by atoms with van der Waals surface area (Å²) in [6, 6.07) is 17.1. The number of benzene rings is 2. The van der Waals surface area contributed by atoms with Crippen LogP contribution in [0.25, 0.3) is 5.69 Å².